The zero-order chi connectivity index (χ0) is 8.97. The second kappa shape index (κ2) is 3.99. The maximum atomic E-state index is 11.6. The molecule has 0 saturated carbocycles. The van der Waals surface area contributed by atoms with Gasteiger partial charge in [0.1, 0.15) is 0 Å². The van der Waals surface area contributed by atoms with Crippen LogP contribution in [0.1, 0.15) is 25.5 Å². The van der Waals surface area contributed by atoms with Gasteiger partial charge in [-0.15, -0.1) is 0 Å². The monoisotopic (exact) mass is 170 g/mol. The molecule has 0 unspecified atom stereocenters. The first kappa shape index (κ1) is 8.90. The van der Waals surface area contributed by atoms with E-state index in [0.29, 0.717) is 5.92 Å². The van der Waals surface area contributed by atoms with Gasteiger partial charge in [0, 0.05) is 0 Å². The Morgan fingerprint density at radius 3 is 2.58 bits per heavy atom. The van der Waals surface area contributed by atoms with E-state index in [2.05, 4.69) is 14.7 Å². The van der Waals surface area contributed by atoms with Crippen LogP contribution in [0.5, 0.6) is 5.88 Å². The fourth-order valence-electron chi connectivity index (χ4n) is 0.755. The van der Waals surface area contributed by atoms with Crippen molar-refractivity contribution in [2.24, 2.45) is 0 Å². The Balaban J connectivity index is 2.71. The Morgan fingerprint density at radius 1 is 1.42 bits per heavy atom. The third-order valence-electron chi connectivity index (χ3n) is 1.44. The highest BCUT2D eigenvalue weighted by atomic mass is 19.1. The van der Waals surface area contributed by atoms with Gasteiger partial charge in [-0.25, -0.2) is 9.37 Å². The van der Waals surface area contributed by atoms with Crippen LogP contribution >= 0.6 is 0 Å². The molecule has 0 aliphatic carbocycles. The molecule has 1 aromatic heterocycles. The molecule has 1 heterocycles. The number of halogens is 1. The standard InChI is InChI=1S/C8H11FN2O/c1-6(2)7-3-11-8(4-10-7)12-5-9/h3-4,6H,5H2,1-2H3. The van der Waals surface area contributed by atoms with Gasteiger partial charge in [0.05, 0.1) is 18.1 Å². The molecule has 66 valence electrons. The molecule has 0 aliphatic heterocycles. The predicted octanol–water partition coefficient (Wildman–Crippen LogP) is 1.91. The summed E-state index contributed by atoms with van der Waals surface area (Å²) < 4.78 is 16.1. The smallest absolute Gasteiger partial charge is 0.234 e. The first-order chi connectivity index (χ1) is 5.74. The second-order valence-corrected chi connectivity index (χ2v) is 2.69. The minimum absolute atomic E-state index is 0.224. The summed E-state index contributed by atoms with van der Waals surface area (Å²) in [6, 6.07) is 0. The van der Waals surface area contributed by atoms with Crippen LogP contribution in [0.25, 0.3) is 0 Å². The predicted molar refractivity (Wildman–Crippen MR) is 42.7 cm³/mol. The summed E-state index contributed by atoms with van der Waals surface area (Å²) in [6.45, 7) is 3.16. The van der Waals surface area contributed by atoms with Gasteiger partial charge in [-0.1, -0.05) is 13.8 Å². The highest BCUT2D eigenvalue weighted by Gasteiger charge is 2.01. The van der Waals surface area contributed by atoms with E-state index in [1.807, 2.05) is 13.8 Å². The van der Waals surface area contributed by atoms with Crippen LogP contribution in [-0.4, -0.2) is 16.8 Å². The minimum atomic E-state index is -0.865. The Hall–Kier alpha value is -1.19. The third-order valence-corrected chi connectivity index (χ3v) is 1.44. The van der Waals surface area contributed by atoms with Gasteiger partial charge in [-0.3, -0.25) is 4.98 Å². The Morgan fingerprint density at radius 2 is 2.17 bits per heavy atom. The maximum absolute atomic E-state index is 11.6. The van der Waals surface area contributed by atoms with Crippen LogP contribution in [0.3, 0.4) is 0 Å². The maximum Gasteiger partial charge on any atom is 0.234 e. The number of nitrogens with zero attached hydrogens (tertiary/aromatic N) is 2. The SMILES string of the molecule is CC(C)c1cnc(OCF)cn1. The third kappa shape index (κ3) is 2.15. The van der Waals surface area contributed by atoms with E-state index >= 15 is 0 Å². The van der Waals surface area contributed by atoms with Crippen LogP contribution in [0.15, 0.2) is 12.4 Å². The second-order valence-electron chi connectivity index (χ2n) is 2.69. The number of alkyl halides is 1. The van der Waals surface area contributed by atoms with Gasteiger partial charge < -0.3 is 4.74 Å². The van der Waals surface area contributed by atoms with E-state index in [-0.39, 0.29) is 5.88 Å². The van der Waals surface area contributed by atoms with E-state index in [1.54, 1.807) is 6.20 Å². The molecule has 0 spiro atoms. The number of hydrogen-bond donors (Lipinski definition) is 0. The highest BCUT2D eigenvalue weighted by molar-refractivity contribution is 5.09. The topological polar surface area (TPSA) is 35.0 Å². The van der Waals surface area contributed by atoms with Crippen molar-refractivity contribution >= 4 is 0 Å². The fraction of sp³-hybridized carbons (Fsp3) is 0.500. The first-order valence-electron chi connectivity index (χ1n) is 3.74. The molecule has 0 aromatic carbocycles. The average Bonchev–Trinajstić information content (AvgIpc) is 2.06. The Bertz CT molecular complexity index is 235. The van der Waals surface area contributed by atoms with E-state index in [0.717, 1.165) is 5.69 Å². The van der Waals surface area contributed by atoms with Gasteiger partial charge in [-0.2, -0.15) is 0 Å². The lowest BCUT2D eigenvalue weighted by molar-refractivity contribution is 0.184. The van der Waals surface area contributed by atoms with Crippen LogP contribution < -0.4 is 4.74 Å². The molecule has 1 aromatic rings. The van der Waals surface area contributed by atoms with Crippen LogP contribution in [0.4, 0.5) is 4.39 Å². The quantitative estimate of drug-likeness (QED) is 0.695. The molecule has 0 fully saturated rings. The lowest BCUT2D eigenvalue weighted by atomic mass is 10.1. The van der Waals surface area contributed by atoms with Crippen molar-refractivity contribution in [1.82, 2.24) is 9.97 Å². The molecular formula is C8H11FN2O. The molecule has 12 heavy (non-hydrogen) atoms. The van der Waals surface area contributed by atoms with E-state index < -0.39 is 6.86 Å². The molecule has 0 radical (unpaired) electrons. The van der Waals surface area contributed by atoms with Gasteiger partial charge in [-0.05, 0) is 5.92 Å². The van der Waals surface area contributed by atoms with Crippen LogP contribution in [0.2, 0.25) is 0 Å². The van der Waals surface area contributed by atoms with Crippen molar-refractivity contribution in [3.05, 3.63) is 18.1 Å². The summed E-state index contributed by atoms with van der Waals surface area (Å²) in [5.74, 6) is 0.554. The molecule has 0 bridgehead atoms. The van der Waals surface area contributed by atoms with Crippen molar-refractivity contribution in [2.45, 2.75) is 19.8 Å². The molecule has 0 N–H and O–H groups in total. The average molecular weight is 170 g/mol. The summed E-state index contributed by atoms with van der Waals surface area (Å²) >= 11 is 0. The molecule has 0 aliphatic rings. The van der Waals surface area contributed by atoms with Crippen molar-refractivity contribution in [1.29, 1.82) is 0 Å². The van der Waals surface area contributed by atoms with Crippen molar-refractivity contribution in [2.75, 3.05) is 6.86 Å². The van der Waals surface area contributed by atoms with Gasteiger partial charge in [0.2, 0.25) is 12.7 Å². The normalized spacial score (nSPS) is 10.3. The summed E-state index contributed by atoms with van der Waals surface area (Å²) in [5.41, 5.74) is 0.876. The molecule has 0 atom stereocenters. The van der Waals surface area contributed by atoms with Crippen molar-refractivity contribution in [3.8, 4) is 5.88 Å². The molecular weight excluding hydrogens is 159 g/mol. The van der Waals surface area contributed by atoms with Gasteiger partial charge >= 0.3 is 0 Å². The molecule has 3 nitrogen and oxygen atoms in total. The molecule has 4 heteroatoms. The summed E-state index contributed by atoms with van der Waals surface area (Å²) in [4.78, 5) is 7.91. The lowest BCUT2D eigenvalue weighted by Gasteiger charge is -2.03. The van der Waals surface area contributed by atoms with E-state index in [9.17, 15) is 4.39 Å². The van der Waals surface area contributed by atoms with Crippen LogP contribution in [0, 0.1) is 0 Å². The number of aromatic nitrogens is 2. The molecule has 0 amide bonds. The zero-order valence-corrected chi connectivity index (χ0v) is 7.12. The fourth-order valence-corrected chi connectivity index (χ4v) is 0.755. The first-order valence-corrected chi connectivity index (χ1v) is 3.74. The van der Waals surface area contributed by atoms with E-state index in [4.69, 9.17) is 0 Å². The minimum Gasteiger partial charge on any atom is -0.445 e. The van der Waals surface area contributed by atoms with Crippen molar-refractivity contribution in [3.63, 3.8) is 0 Å². The molecule has 0 saturated heterocycles. The lowest BCUT2D eigenvalue weighted by Crippen LogP contribution is -1.97. The number of rotatable bonds is 3. The summed E-state index contributed by atoms with van der Waals surface area (Å²) in [6.07, 6.45) is 3.02. The summed E-state index contributed by atoms with van der Waals surface area (Å²) in [5, 5.41) is 0. The summed E-state index contributed by atoms with van der Waals surface area (Å²) in [7, 11) is 0. The van der Waals surface area contributed by atoms with Gasteiger partial charge in [0.25, 0.3) is 0 Å². The Kier molecular flexibility index (Phi) is 2.96. The largest absolute Gasteiger partial charge is 0.445 e. The number of ether oxygens (including phenoxy) is 1. The van der Waals surface area contributed by atoms with Gasteiger partial charge in [0.15, 0.2) is 0 Å². The van der Waals surface area contributed by atoms with Crippen LogP contribution in [-0.2, 0) is 0 Å². The van der Waals surface area contributed by atoms with E-state index in [1.165, 1.54) is 6.20 Å². The number of hydrogen-bond acceptors (Lipinski definition) is 3. The molecule has 1 rings (SSSR count). The Labute approximate surface area is 70.6 Å². The van der Waals surface area contributed by atoms with Crippen molar-refractivity contribution < 1.29 is 9.13 Å². The zero-order valence-electron chi connectivity index (χ0n) is 7.12. The highest BCUT2D eigenvalue weighted by Crippen LogP contribution is 2.11.